The number of rotatable bonds is 6. The predicted molar refractivity (Wildman–Crippen MR) is 118 cm³/mol. The van der Waals surface area contributed by atoms with Crippen LogP contribution in [0.4, 0.5) is 11.4 Å². The number of amides is 2. The van der Waals surface area contributed by atoms with E-state index in [1.54, 1.807) is 13.8 Å². The lowest BCUT2D eigenvalue weighted by Crippen LogP contribution is -2.24. The van der Waals surface area contributed by atoms with Crippen molar-refractivity contribution in [2.24, 2.45) is 0 Å². The molecule has 8 nitrogen and oxygen atoms in total. The lowest BCUT2D eigenvalue weighted by atomic mass is 10.0. The third kappa shape index (κ3) is 4.81. The highest BCUT2D eigenvalue weighted by Gasteiger charge is 2.20. The molecule has 0 spiro atoms. The fourth-order valence-electron chi connectivity index (χ4n) is 2.94. The van der Waals surface area contributed by atoms with Crippen molar-refractivity contribution in [1.82, 2.24) is 0 Å². The normalized spacial score (nSPS) is 10.3. The molecule has 4 N–H and O–H groups in total. The summed E-state index contributed by atoms with van der Waals surface area (Å²) in [5, 5.41) is 23.7. The van der Waals surface area contributed by atoms with Crippen molar-refractivity contribution in [2.45, 2.75) is 13.8 Å². The molecule has 162 valence electrons. The topological polar surface area (TPSA) is 133 Å². The van der Waals surface area contributed by atoms with Crippen molar-refractivity contribution in [3.05, 3.63) is 82.9 Å². The molecule has 32 heavy (non-hydrogen) atoms. The fourth-order valence-corrected chi connectivity index (χ4v) is 2.94. The van der Waals surface area contributed by atoms with Crippen LogP contribution in [0.1, 0.15) is 31.8 Å². The number of benzene rings is 3. The molecule has 0 fully saturated rings. The highest BCUT2D eigenvalue weighted by Crippen LogP contribution is 2.26. The average Bonchev–Trinajstić information content (AvgIpc) is 2.78. The van der Waals surface area contributed by atoms with Gasteiger partial charge in [-0.3, -0.25) is 19.2 Å². The zero-order chi connectivity index (χ0) is 23.4. The number of Topliss-reactive ketones (excluding diaryl/α,β-unsaturated/α-hetero) is 2. The first kappa shape index (κ1) is 22.2. The molecule has 2 amide bonds. The van der Waals surface area contributed by atoms with E-state index in [-0.39, 0.29) is 22.6 Å². The Bertz CT molecular complexity index is 1120. The molecule has 0 aromatic heterocycles. The summed E-state index contributed by atoms with van der Waals surface area (Å²) >= 11 is 0. The number of anilines is 2. The lowest BCUT2D eigenvalue weighted by molar-refractivity contribution is -0.113. The van der Waals surface area contributed by atoms with Gasteiger partial charge in [0, 0.05) is 22.5 Å². The molecule has 0 aliphatic heterocycles. The summed E-state index contributed by atoms with van der Waals surface area (Å²) in [7, 11) is 0. The summed E-state index contributed by atoms with van der Waals surface area (Å²) in [6.07, 6.45) is 0. The summed E-state index contributed by atoms with van der Waals surface area (Å²) in [6.45, 7) is 3.40. The first-order valence-electron chi connectivity index (χ1n) is 9.57. The Morgan fingerprint density at radius 1 is 0.562 bits per heavy atom. The summed E-state index contributed by atoms with van der Waals surface area (Å²) < 4.78 is 0. The van der Waals surface area contributed by atoms with Gasteiger partial charge in [-0.05, 0) is 85.6 Å². The molecule has 0 saturated carbocycles. The third-order valence-electron chi connectivity index (χ3n) is 4.96. The second-order valence-electron chi connectivity index (χ2n) is 7.07. The van der Waals surface area contributed by atoms with E-state index in [1.807, 2.05) is 0 Å². The maximum Gasteiger partial charge on any atom is 0.296 e. The third-order valence-corrected chi connectivity index (χ3v) is 4.96. The standard InChI is InChI=1S/C24H20N2O6/c1-13-14(2)20(26-24(32)22(30)16-5-9-18(28)10-6-16)12-11-19(13)25-23(31)21(29)15-3-7-17(27)8-4-15/h3-12,27-28H,1-2H3,(H,25,31)(H,26,32). The molecule has 3 aromatic carbocycles. The van der Waals surface area contributed by atoms with E-state index in [0.717, 1.165) is 0 Å². The molecule has 0 bridgehead atoms. The van der Waals surface area contributed by atoms with Gasteiger partial charge in [0.15, 0.2) is 0 Å². The first-order valence-corrected chi connectivity index (χ1v) is 9.57. The van der Waals surface area contributed by atoms with Crippen LogP contribution in [0.3, 0.4) is 0 Å². The summed E-state index contributed by atoms with van der Waals surface area (Å²) in [4.78, 5) is 49.3. The van der Waals surface area contributed by atoms with Crippen molar-refractivity contribution >= 4 is 34.8 Å². The molecule has 0 saturated heterocycles. The molecule has 3 rings (SSSR count). The van der Waals surface area contributed by atoms with Gasteiger partial charge >= 0.3 is 0 Å². The van der Waals surface area contributed by atoms with E-state index in [0.29, 0.717) is 22.5 Å². The molecular formula is C24H20N2O6. The monoisotopic (exact) mass is 432 g/mol. The second-order valence-corrected chi connectivity index (χ2v) is 7.07. The Hall–Kier alpha value is -4.46. The fraction of sp³-hybridized carbons (Fsp3) is 0.0833. The number of carbonyl (C=O) groups is 4. The highest BCUT2D eigenvalue weighted by atomic mass is 16.3. The Labute approximate surface area is 183 Å². The molecule has 0 aliphatic carbocycles. The van der Waals surface area contributed by atoms with Crippen LogP contribution in [0.5, 0.6) is 11.5 Å². The minimum atomic E-state index is -0.850. The zero-order valence-electron chi connectivity index (χ0n) is 17.3. The van der Waals surface area contributed by atoms with E-state index in [2.05, 4.69) is 10.6 Å². The van der Waals surface area contributed by atoms with Gasteiger partial charge in [0.05, 0.1) is 0 Å². The number of ketones is 2. The molecule has 0 aliphatic rings. The Kier molecular flexibility index (Phi) is 6.34. The van der Waals surface area contributed by atoms with Gasteiger partial charge in [0.2, 0.25) is 0 Å². The number of hydrogen-bond acceptors (Lipinski definition) is 6. The van der Waals surface area contributed by atoms with E-state index < -0.39 is 23.4 Å². The molecule has 0 heterocycles. The van der Waals surface area contributed by atoms with Crippen LogP contribution in [0.2, 0.25) is 0 Å². The van der Waals surface area contributed by atoms with Crippen LogP contribution in [-0.2, 0) is 9.59 Å². The van der Waals surface area contributed by atoms with Gasteiger partial charge in [-0.15, -0.1) is 0 Å². The maximum atomic E-state index is 12.3. The highest BCUT2D eigenvalue weighted by molar-refractivity contribution is 6.47. The Morgan fingerprint density at radius 3 is 1.19 bits per heavy atom. The average molecular weight is 432 g/mol. The summed E-state index contributed by atoms with van der Waals surface area (Å²) in [6, 6.07) is 13.7. The van der Waals surface area contributed by atoms with Gasteiger partial charge in [0.25, 0.3) is 23.4 Å². The number of phenols is 2. The van der Waals surface area contributed by atoms with Crippen LogP contribution in [0.15, 0.2) is 60.7 Å². The predicted octanol–water partition coefficient (Wildman–Crippen LogP) is 3.36. The quantitative estimate of drug-likeness (QED) is 0.349. The number of hydrogen-bond donors (Lipinski definition) is 4. The summed E-state index contributed by atoms with van der Waals surface area (Å²) in [5.41, 5.74) is 2.22. The van der Waals surface area contributed by atoms with Crippen LogP contribution < -0.4 is 10.6 Å². The van der Waals surface area contributed by atoms with Crippen molar-refractivity contribution in [3.8, 4) is 11.5 Å². The number of aromatic hydroxyl groups is 2. The minimum Gasteiger partial charge on any atom is -0.508 e. The van der Waals surface area contributed by atoms with Crippen molar-refractivity contribution in [3.63, 3.8) is 0 Å². The molecule has 0 radical (unpaired) electrons. The number of carbonyl (C=O) groups excluding carboxylic acids is 4. The van der Waals surface area contributed by atoms with Crippen LogP contribution in [0, 0.1) is 13.8 Å². The van der Waals surface area contributed by atoms with Crippen LogP contribution in [-0.4, -0.2) is 33.6 Å². The lowest BCUT2D eigenvalue weighted by Gasteiger charge is -2.15. The van der Waals surface area contributed by atoms with Gasteiger partial charge in [-0.25, -0.2) is 0 Å². The Morgan fingerprint density at radius 2 is 0.875 bits per heavy atom. The SMILES string of the molecule is Cc1c(NC(=O)C(=O)c2ccc(O)cc2)ccc(NC(=O)C(=O)c2ccc(O)cc2)c1C. The van der Waals surface area contributed by atoms with Gasteiger partial charge < -0.3 is 20.8 Å². The largest absolute Gasteiger partial charge is 0.508 e. The van der Waals surface area contributed by atoms with Gasteiger partial charge in [-0.1, -0.05) is 0 Å². The van der Waals surface area contributed by atoms with Gasteiger partial charge in [-0.2, -0.15) is 0 Å². The summed E-state index contributed by atoms with van der Waals surface area (Å²) in [5.74, 6) is -3.27. The van der Waals surface area contributed by atoms with E-state index in [4.69, 9.17) is 0 Å². The second kappa shape index (κ2) is 9.13. The molecule has 3 aromatic rings. The molecule has 8 heteroatoms. The van der Waals surface area contributed by atoms with Gasteiger partial charge in [0.1, 0.15) is 11.5 Å². The van der Waals surface area contributed by atoms with Crippen LogP contribution >= 0.6 is 0 Å². The maximum absolute atomic E-state index is 12.3. The van der Waals surface area contributed by atoms with Crippen molar-refractivity contribution in [2.75, 3.05) is 10.6 Å². The molecular weight excluding hydrogens is 412 g/mol. The smallest absolute Gasteiger partial charge is 0.296 e. The molecule has 0 unspecified atom stereocenters. The van der Waals surface area contributed by atoms with Crippen LogP contribution in [0.25, 0.3) is 0 Å². The first-order chi connectivity index (χ1) is 15.2. The van der Waals surface area contributed by atoms with Crippen molar-refractivity contribution in [1.29, 1.82) is 0 Å². The molecule has 0 atom stereocenters. The number of nitrogens with one attached hydrogen (secondary N) is 2. The number of phenolic OH excluding ortho intramolecular Hbond substituents is 2. The van der Waals surface area contributed by atoms with E-state index >= 15 is 0 Å². The van der Waals surface area contributed by atoms with E-state index in [1.165, 1.54) is 60.7 Å². The zero-order valence-corrected chi connectivity index (χ0v) is 17.3. The van der Waals surface area contributed by atoms with E-state index in [9.17, 15) is 29.4 Å². The minimum absolute atomic E-state index is 0.0186. The Balaban J connectivity index is 1.73. The van der Waals surface area contributed by atoms with Crippen molar-refractivity contribution < 1.29 is 29.4 Å².